The van der Waals surface area contributed by atoms with Gasteiger partial charge in [-0.3, -0.25) is 4.68 Å². The lowest BCUT2D eigenvalue weighted by Crippen LogP contribution is -2.13. The molecule has 0 unspecified atom stereocenters. The second-order valence-corrected chi connectivity index (χ2v) is 4.00. The van der Waals surface area contributed by atoms with Crippen molar-refractivity contribution in [2.45, 2.75) is 20.4 Å². The van der Waals surface area contributed by atoms with Crippen molar-refractivity contribution in [1.29, 1.82) is 0 Å². The third kappa shape index (κ3) is 3.04. The van der Waals surface area contributed by atoms with Crippen molar-refractivity contribution in [1.82, 2.24) is 25.1 Å². The molecule has 2 aromatic rings. The Balaban J connectivity index is 2.08. The van der Waals surface area contributed by atoms with Crippen LogP contribution >= 0.6 is 0 Å². The van der Waals surface area contributed by atoms with Gasteiger partial charge in [0.1, 0.15) is 0 Å². The number of nitrogens with one attached hydrogen (secondary N) is 1. The zero-order valence-electron chi connectivity index (χ0n) is 10.8. The third-order valence-electron chi connectivity index (χ3n) is 2.51. The smallest absolute Gasteiger partial charge is 0.322 e. The van der Waals surface area contributed by atoms with Gasteiger partial charge in [0.05, 0.1) is 12.4 Å². The van der Waals surface area contributed by atoms with Gasteiger partial charge < -0.3 is 10.1 Å². The maximum Gasteiger partial charge on any atom is 0.322 e. The molecule has 6 nitrogen and oxygen atoms in total. The number of hydrogen-bond donors (Lipinski definition) is 1. The van der Waals surface area contributed by atoms with Gasteiger partial charge in [0, 0.05) is 31.0 Å². The van der Waals surface area contributed by atoms with E-state index in [0.717, 1.165) is 24.3 Å². The van der Waals surface area contributed by atoms with E-state index in [1.807, 2.05) is 14.0 Å². The number of nitrogens with zero attached hydrogens (tertiary/aromatic N) is 4. The molecular weight excluding hydrogens is 230 g/mol. The van der Waals surface area contributed by atoms with Crippen LogP contribution < -0.4 is 10.1 Å². The fraction of sp³-hybridized carbons (Fsp3) is 0.417. The van der Waals surface area contributed by atoms with Gasteiger partial charge in [0.25, 0.3) is 0 Å². The molecule has 0 aliphatic carbocycles. The first-order valence-corrected chi connectivity index (χ1v) is 5.88. The molecule has 0 aliphatic heterocycles. The summed E-state index contributed by atoms with van der Waals surface area (Å²) in [6.45, 7) is 5.71. The molecule has 1 N–H and O–H groups in total. The van der Waals surface area contributed by atoms with E-state index >= 15 is 0 Å². The fourth-order valence-electron chi connectivity index (χ4n) is 1.51. The summed E-state index contributed by atoms with van der Waals surface area (Å²) in [7, 11) is 1.83. The molecule has 0 saturated carbocycles. The Kier molecular flexibility index (Phi) is 3.88. The highest BCUT2D eigenvalue weighted by Crippen LogP contribution is 2.17. The minimum atomic E-state index is 0.348. The number of aryl methyl sites for hydroxylation is 2. The van der Waals surface area contributed by atoms with Crippen LogP contribution in [0.15, 0.2) is 18.6 Å². The Morgan fingerprint density at radius 2 is 2.22 bits per heavy atom. The summed E-state index contributed by atoms with van der Waals surface area (Å²) in [6, 6.07) is 0.348. The Hall–Kier alpha value is -1.95. The molecule has 0 radical (unpaired) electrons. The molecular formula is C12H17N5O. The van der Waals surface area contributed by atoms with E-state index in [0.29, 0.717) is 11.8 Å². The fourth-order valence-corrected chi connectivity index (χ4v) is 1.51. The van der Waals surface area contributed by atoms with E-state index < -0.39 is 0 Å². The van der Waals surface area contributed by atoms with Gasteiger partial charge in [-0.1, -0.05) is 6.92 Å². The van der Waals surface area contributed by atoms with E-state index in [4.69, 9.17) is 4.74 Å². The van der Waals surface area contributed by atoms with Crippen molar-refractivity contribution in [2.24, 2.45) is 7.05 Å². The van der Waals surface area contributed by atoms with Crippen LogP contribution in [0.5, 0.6) is 11.8 Å². The first-order valence-electron chi connectivity index (χ1n) is 5.88. The number of aromatic nitrogens is 4. The minimum Gasteiger partial charge on any atom is -0.421 e. The second kappa shape index (κ2) is 5.59. The van der Waals surface area contributed by atoms with Crippen molar-refractivity contribution < 1.29 is 4.74 Å². The largest absolute Gasteiger partial charge is 0.421 e. The molecule has 0 saturated heterocycles. The Morgan fingerprint density at radius 3 is 2.83 bits per heavy atom. The molecule has 18 heavy (non-hydrogen) atoms. The van der Waals surface area contributed by atoms with Gasteiger partial charge in [-0.2, -0.15) is 10.1 Å². The second-order valence-electron chi connectivity index (χ2n) is 4.00. The van der Waals surface area contributed by atoms with Gasteiger partial charge >= 0.3 is 6.01 Å². The topological polar surface area (TPSA) is 64.9 Å². The van der Waals surface area contributed by atoms with Crippen LogP contribution in [0.1, 0.15) is 18.2 Å². The average molecular weight is 247 g/mol. The molecule has 96 valence electrons. The Labute approximate surface area is 106 Å². The lowest BCUT2D eigenvalue weighted by molar-refractivity contribution is 0.438. The Bertz CT molecular complexity index is 523. The van der Waals surface area contributed by atoms with E-state index in [2.05, 4.69) is 27.3 Å². The van der Waals surface area contributed by atoms with Gasteiger partial charge in [-0.15, -0.1) is 0 Å². The van der Waals surface area contributed by atoms with Crippen molar-refractivity contribution in [3.8, 4) is 11.8 Å². The summed E-state index contributed by atoms with van der Waals surface area (Å²) in [6.07, 6.45) is 5.19. The molecule has 0 amide bonds. The highest BCUT2D eigenvalue weighted by molar-refractivity contribution is 5.21. The van der Waals surface area contributed by atoms with E-state index in [9.17, 15) is 0 Å². The molecule has 0 bridgehead atoms. The van der Waals surface area contributed by atoms with Gasteiger partial charge in [-0.25, -0.2) is 4.98 Å². The lowest BCUT2D eigenvalue weighted by Gasteiger charge is -2.06. The zero-order chi connectivity index (χ0) is 13.0. The highest BCUT2D eigenvalue weighted by atomic mass is 16.5. The lowest BCUT2D eigenvalue weighted by atomic mass is 10.2. The summed E-state index contributed by atoms with van der Waals surface area (Å²) in [4.78, 5) is 8.51. The summed E-state index contributed by atoms with van der Waals surface area (Å²) in [5.41, 5.74) is 2.00. The summed E-state index contributed by atoms with van der Waals surface area (Å²) >= 11 is 0. The highest BCUT2D eigenvalue weighted by Gasteiger charge is 2.06. The van der Waals surface area contributed by atoms with Crippen LogP contribution in [0.4, 0.5) is 0 Å². The van der Waals surface area contributed by atoms with Crippen molar-refractivity contribution in [3.63, 3.8) is 0 Å². The molecule has 2 heterocycles. The predicted molar refractivity (Wildman–Crippen MR) is 67.4 cm³/mol. The predicted octanol–water partition coefficient (Wildman–Crippen LogP) is 1.42. The first kappa shape index (κ1) is 12.5. The Morgan fingerprint density at radius 1 is 1.39 bits per heavy atom. The van der Waals surface area contributed by atoms with Crippen LogP contribution in [0.25, 0.3) is 0 Å². The van der Waals surface area contributed by atoms with Crippen LogP contribution in [-0.4, -0.2) is 26.3 Å². The molecule has 0 atom stereocenters. The van der Waals surface area contributed by atoms with Gasteiger partial charge in [-0.05, 0) is 13.5 Å². The number of ether oxygens (including phenoxy) is 1. The summed E-state index contributed by atoms with van der Waals surface area (Å²) in [5.74, 6) is 0.635. The van der Waals surface area contributed by atoms with Crippen molar-refractivity contribution in [3.05, 3.63) is 29.8 Å². The summed E-state index contributed by atoms with van der Waals surface area (Å²) in [5, 5.41) is 7.26. The molecule has 2 rings (SSSR count). The molecule has 0 aliphatic rings. The van der Waals surface area contributed by atoms with Crippen LogP contribution in [0.2, 0.25) is 0 Å². The molecule has 0 aromatic carbocycles. The third-order valence-corrected chi connectivity index (χ3v) is 2.51. The van der Waals surface area contributed by atoms with E-state index in [1.54, 1.807) is 23.3 Å². The van der Waals surface area contributed by atoms with Crippen molar-refractivity contribution in [2.75, 3.05) is 6.54 Å². The van der Waals surface area contributed by atoms with Gasteiger partial charge in [0.15, 0.2) is 5.75 Å². The molecule has 0 fully saturated rings. The SMILES string of the molecule is CCNCc1cnc(Oc2cnn(C)c2)nc1C. The number of hydrogen-bond acceptors (Lipinski definition) is 5. The van der Waals surface area contributed by atoms with Crippen LogP contribution in [-0.2, 0) is 13.6 Å². The quantitative estimate of drug-likeness (QED) is 0.865. The number of rotatable bonds is 5. The van der Waals surface area contributed by atoms with Crippen LogP contribution in [0, 0.1) is 6.92 Å². The average Bonchev–Trinajstić information content (AvgIpc) is 2.74. The normalized spacial score (nSPS) is 10.6. The maximum absolute atomic E-state index is 5.51. The molecule has 6 heteroatoms. The summed E-state index contributed by atoms with van der Waals surface area (Å²) < 4.78 is 7.18. The molecule has 2 aromatic heterocycles. The monoisotopic (exact) mass is 247 g/mol. The van der Waals surface area contributed by atoms with Gasteiger partial charge in [0.2, 0.25) is 0 Å². The molecule has 0 spiro atoms. The van der Waals surface area contributed by atoms with Crippen LogP contribution in [0.3, 0.4) is 0 Å². The van der Waals surface area contributed by atoms with E-state index in [-0.39, 0.29) is 0 Å². The standard InChI is InChI=1S/C12H17N5O/c1-4-13-5-10-6-14-12(16-9(10)2)18-11-7-15-17(3)8-11/h6-8,13H,4-5H2,1-3H3. The minimum absolute atomic E-state index is 0.348. The van der Waals surface area contributed by atoms with E-state index in [1.165, 1.54) is 0 Å². The first-order chi connectivity index (χ1) is 8.69. The van der Waals surface area contributed by atoms with Crippen molar-refractivity contribution >= 4 is 0 Å². The maximum atomic E-state index is 5.51. The zero-order valence-corrected chi connectivity index (χ0v) is 10.8.